The maximum atomic E-state index is 12.7. The van der Waals surface area contributed by atoms with Gasteiger partial charge in [-0.15, -0.1) is 11.3 Å². The fraction of sp³-hybridized carbons (Fsp3) is 0.389. The van der Waals surface area contributed by atoms with Crippen LogP contribution in [0.2, 0.25) is 0 Å². The fourth-order valence-corrected chi connectivity index (χ4v) is 4.92. The molecule has 7 heteroatoms. The van der Waals surface area contributed by atoms with Crippen LogP contribution in [0.25, 0.3) is 0 Å². The molecule has 2 aromatic rings. The van der Waals surface area contributed by atoms with Crippen LogP contribution in [0.4, 0.5) is 5.13 Å². The van der Waals surface area contributed by atoms with E-state index in [0.29, 0.717) is 23.1 Å². The van der Waals surface area contributed by atoms with Crippen LogP contribution in [0, 0.1) is 5.92 Å². The van der Waals surface area contributed by atoms with E-state index in [1.807, 2.05) is 16.3 Å². The van der Waals surface area contributed by atoms with Crippen LogP contribution in [0.1, 0.15) is 39.5 Å². The average molecular weight is 374 g/mol. The summed E-state index contributed by atoms with van der Waals surface area (Å²) in [6.07, 6.45) is 7.83. The third-order valence-electron chi connectivity index (χ3n) is 4.63. The van der Waals surface area contributed by atoms with Gasteiger partial charge in [0.05, 0.1) is 17.1 Å². The maximum absolute atomic E-state index is 12.7. The second-order valence-corrected chi connectivity index (χ2v) is 8.34. The molecule has 0 bridgehead atoms. The summed E-state index contributed by atoms with van der Waals surface area (Å²) in [5.74, 6) is 0.257. The number of anilines is 1. The average Bonchev–Trinajstić information content (AvgIpc) is 3.30. The minimum atomic E-state index is -0.122. The van der Waals surface area contributed by atoms with E-state index in [1.165, 1.54) is 22.7 Å². The highest BCUT2D eigenvalue weighted by Crippen LogP contribution is 2.30. The Morgan fingerprint density at radius 2 is 2.24 bits per heavy atom. The van der Waals surface area contributed by atoms with Crippen LogP contribution in [-0.4, -0.2) is 28.2 Å². The zero-order chi connectivity index (χ0) is 17.2. The molecule has 0 unspecified atom stereocenters. The van der Waals surface area contributed by atoms with E-state index in [1.54, 1.807) is 6.07 Å². The molecule has 0 saturated heterocycles. The van der Waals surface area contributed by atoms with Gasteiger partial charge < -0.3 is 4.90 Å². The summed E-state index contributed by atoms with van der Waals surface area (Å²) in [6.45, 7) is 1.33. The Morgan fingerprint density at radius 1 is 1.32 bits per heavy atom. The van der Waals surface area contributed by atoms with Gasteiger partial charge in [-0.05, 0) is 30.7 Å². The van der Waals surface area contributed by atoms with Crippen molar-refractivity contribution in [3.8, 4) is 0 Å². The molecule has 0 radical (unpaired) electrons. The van der Waals surface area contributed by atoms with Gasteiger partial charge in [0.2, 0.25) is 5.91 Å². The van der Waals surface area contributed by atoms with Crippen molar-refractivity contribution >= 4 is 39.6 Å². The zero-order valence-corrected chi connectivity index (χ0v) is 15.4. The lowest BCUT2D eigenvalue weighted by atomic mass is 9.92. The Kier molecular flexibility index (Phi) is 4.67. The van der Waals surface area contributed by atoms with Crippen molar-refractivity contribution in [1.29, 1.82) is 0 Å². The number of carbonyl (C=O) groups is 2. The van der Waals surface area contributed by atoms with Crippen molar-refractivity contribution in [1.82, 2.24) is 9.88 Å². The molecule has 25 heavy (non-hydrogen) atoms. The first-order chi connectivity index (χ1) is 12.2. The van der Waals surface area contributed by atoms with E-state index >= 15 is 0 Å². The molecule has 0 aromatic carbocycles. The van der Waals surface area contributed by atoms with Gasteiger partial charge in [0.1, 0.15) is 0 Å². The van der Waals surface area contributed by atoms with Crippen LogP contribution in [0.15, 0.2) is 29.7 Å². The first-order valence-electron chi connectivity index (χ1n) is 8.48. The number of hydrogen-bond acceptors (Lipinski definition) is 5. The van der Waals surface area contributed by atoms with Crippen molar-refractivity contribution in [2.45, 2.75) is 32.2 Å². The number of thiazole rings is 1. The second kappa shape index (κ2) is 7.09. The Hall–Kier alpha value is -1.99. The molecule has 1 atom stereocenters. The van der Waals surface area contributed by atoms with Gasteiger partial charge in [0, 0.05) is 23.8 Å². The highest BCUT2D eigenvalue weighted by Gasteiger charge is 2.29. The number of carbonyl (C=O) groups excluding carboxylic acids is 2. The number of rotatable bonds is 3. The van der Waals surface area contributed by atoms with E-state index in [9.17, 15) is 9.59 Å². The van der Waals surface area contributed by atoms with Crippen LogP contribution in [0.3, 0.4) is 0 Å². The Labute approximate surface area is 154 Å². The number of aromatic nitrogens is 1. The largest absolute Gasteiger partial charge is 0.337 e. The van der Waals surface area contributed by atoms with Gasteiger partial charge in [-0.2, -0.15) is 0 Å². The van der Waals surface area contributed by atoms with Crippen LogP contribution >= 0.6 is 22.7 Å². The summed E-state index contributed by atoms with van der Waals surface area (Å²) in [6, 6.07) is 3.66. The molecule has 1 aliphatic heterocycles. The number of nitrogens with one attached hydrogen (secondary N) is 1. The summed E-state index contributed by atoms with van der Waals surface area (Å²) >= 11 is 2.89. The van der Waals surface area contributed by atoms with E-state index in [4.69, 9.17) is 0 Å². The highest BCUT2D eigenvalue weighted by atomic mass is 32.1. The maximum Gasteiger partial charge on any atom is 0.267 e. The second-order valence-electron chi connectivity index (χ2n) is 6.31. The summed E-state index contributed by atoms with van der Waals surface area (Å²) in [4.78, 5) is 33.1. The molecule has 5 nitrogen and oxygen atoms in total. The quantitative estimate of drug-likeness (QED) is 0.835. The number of hydrogen-bond donors (Lipinski definition) is 1. The third kappa shape index (κ3) is 3.52. The molecular weight excluding hydrogens is 354 g/mol. The standard InChI is InChI=1S/C18H19N3O2S2/c22-16(14-7-4-10-24-14)20-18-19-13-8-9-21(11-15(13)25-18)17(23)12-5-2-1-3-6-12/h1-2,4,7,10,12H,3,5-6,8-9,11H2,(H,19,20,22)/t12-/m0/s1. The van der Waals surface area contributed by atoms with Crippen molar-refractivity contribution in [3.63, 3.8) is 0 Å². The van der Waals surface area contributed by atoms with Gasteiger partial charge in [-0.25, -0.2) is 4.98 Å². The van der Waals surface area contributed by atoms with Crippen molar-refractivity contribution in [2.75, 3.05) is 11.9 Å². The van der Waals surface area contributed by atoms with Crippen LogP contribution < -0.4 is 5.32 Å². The summed E-state index contributed by atoms with van der Waals surface area (Å²) < 4.78 is 0. The number of amides is 2. The molecule has 3 heterocycles. The van der Waals surface area contributed by atoms with Crippen LogP contribution in [-0.2, 0) is 17.8 Å². The number of allylic oxidation sites excluding steroid dienone is 2. The molecular formula is C18H19N3O2S2. The first-order valence-corrected chi connectivity index (χ1v) is 10.2. The Balaban J connectivity index is 1.43. The molecule has 130 valence electrons. The summed E-state index contributed by atoms with van der Waals surface area (Å²) in [5.41, 5.74) is 1.01. The SMILES string of the molecule is O=C(Nc1nc2c(s1)CN(C(=O)[C@H]1CC=CCC1)CC2)c1cccs1. The molecule has 2 amide bonds. The van der Waals surface area contributed by atoms with Gasteiger partial charge in [0.15, 0.2) is 5.13 Å². The van der Waals surface area contributed by atoms with E-state index in [0.717, 1.165) is 36.3 Å². The minimum Gasteiger partial charge on any atom is -0.337 e. The first kappa shape index (κ1) is 16.5. The molecule has 2 aliphatic rings. The number of fused-ring (bicyclic) bond motifs is 1. The van der Waals surface area contributed by atoms with E-state index < -0.39 is 0 Å². The van der Waals surface area contributed by atoms with Crippen LogP contribution in [0.5, 0.6) is 0 Å². The monoisotopic (exact) mass is 373 g/mol. The van der Waals surface area contributed by atoms with Gasteiger partial charge in [-0.1, -0.05) is 29.6 Å². The lowest BCUT2D eigenvalue weighted by Gasteiger charge is -2.30. The molecule has 0 saturated carbocycles. The van der Waals surface area contributed by atoms with Gasteiger partial charge in [-0.3, -0.25) is 14.9 Å². The summed E-state index contributed by atoms with van der Waals surface area (Å²) in [5, 5.41) is 5.38. The van der Waals surface area contributed by atoms with Crippen molar-refractivity contribution in [3.05, 3.63) is 45.1 Å². The zero-order valence-electron chi connectivity index (χ0n) is 13.7. The lowest BCUT2D eigenvalue weighted by Crippen LogP contribution is -2.39. The smallest absolute Gasteiger partial charge is 0.267 e. The summed E-state index contributed by atoms with van der Waals surface area (Å²) in [7, 11) is 0. The number of thiophene rings is 1. The number of nitrogens with zero attached hydrogens (tertiary/aromatic N) is 2. The topological polar surface area (TPSA) is 62.3 Å². The predicted octanol–water partition coefficient (Wildman–Crippen LogP) is 3.70. The normalized spacial score (nSPS) is 19.5. The predicted molar refractivity (Wildman–Crippen MR) is 100.0 cm³/mol. The van der Waals surface area contributed by atoms with E-state index in [-0.39, 0.29) is 17.7 Å². The molecule has 2 aromatic heterocycles. The molecule has 1 N–H and O–H groups in total. The molecule has 1 aliphatic carbocycles. The van der Waals surface area contributed by atoms with Crippen molar-refractivity contribution < 1.29 is 9.59 Å². The van der Waals surface area contributed by atoms with Crippen molar-refractivity contribution in [2.24, 2.45) is 5.92 Å². The molecule has 0 fully saturated rings. The van der Waals surface area contributed by atoms with Gasteiger partial charge >= 0.3 is 0 Å². The van der Waals surface area contributed by atoms with E-state index in [2.05, 4.69) is 22.5 Å². The minimum absolute atomic E-state index is 0.122. The lowest BCUT2D eigenvalue weighted by molar-refractivity contribution is -0.136. The molecule has 4 rings (SSSR count). The fourth-order valence-electron chi connectivity index (χ4n) is 3.28. The third-order valence-corrected chi connectivity index (χ3v) is 6.49. The molecule has 0 spiro atoms. The Morgan fingerprint density at radius 3 is 3.00 bits per heavy atom. The van der Waals surface area contributed by atoms with Gasteiger partial charge in [0.25, 0.3) is 5.91 Å². The Bertz CT molecular complexity index is 810. The highest BCUT2D eigenvalue weighted by molar-refractivity contribution is 7.16.